The number of benzene rings is 1. The molecule has 17 heavy (non-hydrogen) atoms. The molecule has 0 bridgehead atoms. The molecule has 1 aromatic carbocycles. The zero-order valence-electron chi connectivity index (χ0n) is 10.5. The van der Waals surface area contributed by atoms with Crippen LogP contribution in [0.4, 0.5) is 0 Å². The highest BCUT2D eigenvalue weighted by Gasteiger charge is 2.24. The number of ketones is 1. The number of Topliss-reactive ketones (excluding diaryl/α,β-unsaturated/α-hetero) is 1. The lowest BCUT2D eigenvalue weighted by molar-refractivity contribution is -0.118. The van der Waals surface area contributed by atoms with Gasteiger partial charge in [-0.1, -0.05) is 32.0 Å². The summed E-state index contributed by atoms with van der Waals surface area (Å²) in [5.74, 6) is 0.218. The van der Waals surface area contributed by atoms with Crippen molar-refractivity contribution in [3.05, 3.63) is 42.1 Å². The second-order valence-corrected chi connectivity index (χ2v) is 5.14. The highest BCUT2D eigenvalue weighted by atomic mass is 16.1. The molecule has 2 rings (SSSR count). The van der Waals surface area contributed by atoms with Gasteiger partial charge in [0.2, 0.25) is 0 Å². The molecule has 0 aliphatic carbocycles. The topological polar surface area (TPSA) is 30.0 Å². The molecule has 0 saturated carbocycles. The van der Waals surface area contributed by atoms with Crippen molar-refractivity contribution >= 4 is 16.7 Å². The molecule has 0 N–H and O–H groups in total. The minimum Gasteiger partial charge on any atom is -0.300 e. The second kappa shape index (κ2) is 4.28. The Kier molecular flexibility index (Phi) is 2.97. The van der Waals surface area contributed by atoms with E-state index in [1.807, 2.05) is 18.2 Å². The first-order chi connectivity index (χ1) is 8.00. The number of nitrogens with zero attached hydrogens (tertiary/aromatic N) is 1. The summed E-state index contributed by atoms with van der Waals surface area (Å²) >= 11 is 0. The van der Waals surface area contributed by atoms with Crippen molar-refractivity contribution in [1.82, 2.24) is 4.98 Å². The van der Waals surface area contributed by atoms with Crippen LogP contribution in [0.3, 0.4) is 0 Å². The van der Waals surface area contributed by atoms with Gasteiger partial charge in [-0.15, -0.1) is 0 Å². The van der Waals surface area contributed by atoms with Crippen LogP contribution in [-0.2, 0) is 10.2 Å². The summed E-state index contributed by atoms with van der Waals surface area (Å²) in [6.07, 6.45) is 2.35. The number of rotatable bonds is 3. The number of pyridine rings is 1. The van der Waals surface area contributed by atoms with Gasteiger partial charge in [-0.25, -0.2) is 0 Å². The van der Waals surface area contributed by atoms with Gasteiger partial charge < -0.3 is 0 Å². The van der Waals surface area contributed by atoms with Crippen LogP contribution in [0.5, 0.6) is 0 Å². The first-order valence-corrected chi connectivity index (χ1v) is 5.84. The quantitative estimate of drug-likeness (QED) is 0.803. The van der Waals surface area contributed by atoms with Gasteiger partial charge in [-0.3, -0.25) is 9.78 Å². The van der Waals surface area contributed by atoms with E-state index in [1.54, 1.807) is 13.1 Å². The van der Waals surface area contributed by atoms with Gasteiger partial charge in [-0.2, -0.15) is 0 Å². The molecule has 0 amide bonds. The summed E-state index contributed by atoms with van der Waals surface area (Å²) in [6.45, 7) is 5.86. The lowest BCUT2D eigenvalue weighted by Gasteiger charge is -2.25. The van der Waals surface area contributed by atoms with Crippen molar-refractivity contribution in [2.24, 2.45) is 0 Å². The number of aromatic nitrogens is 1. The molecule has 0 unspecified atom stereocenters. The summed E-state index contributed by atoms with van der Waals surface area (Å²) < 4.78 is 0. The van der Waals surface area contributed by atoms with Crippen LogP contribution in [0.1, 0.15) is 32.8 Å². The molecule has 1 aromatic heterocycles. The molecule has 88 valence electrons. The molecule has 0 radical (unpaired) electrons. The zero-order chi connectivity index (χ0) is 12.5. The van der Waals surface area contributed by atoms with E-state index in [4.69, 9.17) is 0 Å². The van der Waals surface area contributed by atoms with Crippen molar-refractivity contribution in [1.29, 1.82) is 0 Å². The molecule has 0 spiro atoms. The summed E-state index contributed by atoms with van der Waals surface area (Å²) in [7, 11) is 0. The van der Waals surface area contributed by atoms with Crippen LogP contribution in [0.15, 0.2) is 36.5 Å². The summed E-state index contributed by atoms with van der Waals surface area (Å²) in [6, 6.07) is 10.1. The number of carbonyl (C=O) groups is 1. The predicted molar refractivity (Wildman–Crippen MR) is 70.1 cm³/mol. The maximum atomic E-state index is 11.4. The molecule has 2 nitrogen and oxygen atoms in total. The molecular formula is C15H17NO. The van der Waals surface area contributed by atoms with Gasteiger partial charge in [0.25, 0.3) is 0 Å². The Hall–Kier alpha value is -1.70. The average molecular weight is 227 g/mol. The van der Waals surface area contributed by atoms with E-state index in [-0.39, 0.29) is 11.2 Å². The molecule has 0 saturated heterocycles. The first kappa shape index (κ1) is 11.8. The van der Waals surface area contributed by atoms with E-state index < -0.39 is 0 Å². The fourth-order valence-corrected chi connectivity index (χ4v) is 2.41. The van der Waals surface area contributed by atoms with E-state index in [0.29, 0.717) is 6.42 Å². The van der Waals surface area contributed by atoms with Crippen LogP contribution in [0.2, 0.25) is 0 Å². The van der Waals surface area contributed by atoms with Gasteiger partial charge >= 0.3 is 0 Å². The smallest absolute Gasteiger partial charge is 0.130 e. The van der Waals surface area contributed by atoms with E-state index in [1.165, 1.54) is 5.56 Å². The lowest BCUT2D eigenvalue weighted by atomic mass is 9.78. The molecule has 2 aromatic rings. The zero-order valence-corrected chi connectivity index (χ0v) is 10.5. The molecule has 0 aliphatic heterocycles. The lowest BCUT2D eigenvalue weighted by Crippen LogP contribution is -2.21. The SMILES string of the molecule is CC(=O)CC(C)(C)c1cccc2ncccc12. The fourth-order valence-electron chi connectivity index (χ4n) is 2.41. The molecule has 0 fully saturated rings. The van der Waals surface area contributed by atoms with Gasteiger partial charge in [0.1, 0.15) is 5.78 Å². The minimum atomic E-state index is -0.144. The van der Waals surface area contributed by atoms with E-state index in [2.05, 4.69) is 31.0 Å². The number of hydrogen-bond acceptors (Lipinski definition) is 2. The van der Waals surface area contributed by atoms with Crippen LogP contribution in [0.25, 0.3) is 10.9 Å². The Balaban J connectivity index is 2.58. The van der Waals surface area contributed by atoms with E-state index in [0.717, 1.165) is 10.9 Å². The van der Waals surface area contributed by atoms with E-state index in [9.17, 15) is 4.79 Å². The van der Waals surface area contributed by atoms with Crippen LogP contribution in [0, 0.1) is 0 Å². The monoisotopic (exact) mass is 227 g/mol. The Morgan fingerprint density at radius 1 is 1.24 bits per heavy atom. The Labute approximate surface area is 102 Å². The van der Waals surface area contributed by atoms with Crippen molar-refractivity contribution in [3.8, 4) is 0 Å². The molecular weight excluding hydrogens is 210 g/mol. The maximum Gasteiger partial charge on any atom is 0.130 e. The van der Waals surface area contributed by atoms with Crippen molar-refractivity contribution in [2.45, 2.75) is 32.6 Å². The van der Waals surface area contributed by atoms with Gasteiger partial charge in [0.05, 0.1) is 5.52 Å². The van der Waals surface area contributed by atoms with Crippen molar-refractivity contribution in [2.75, 3.05) is 0 Å². The molecule has 0 atom stereocenters. The van der Waals surface area contributed by atoms with Gasteiger partial charge in [0, 0.05) is 18.0 Å². The molecule has 2 heteroatoms. The largest absolute Gasteiger partial charge is 0.300 e. The highest BCUT2D eigenvalue weighted by Crippen LogP contribution is 2.32. The number of hydrogen-bond donors (Lipinski definition) is 0. The van der Waals surface area contributed by atoms with Crippen molar-refractivity contribution in [3.63, 3.8) is 0 Å². The van der Waals surface area contributed by atoms with Gasteiger partial charge in [0.15, 0.2) is 0 Å². The predicted octanol–water partition coefficient (Wildman–Crippen LogP) is 3.49. The highest BCUT2D eigenvalue weighted by molar-refractivity contribution is 5.85. The standard InChI is InChI=1S/C15H17NO/c1-11(17)10-15(2,3)13-7-4-8-14-12(13)6-5-9-16-14/h4-9H,10H2,1-3H3. The Morgan fingerprint density at radius 3 is 2.71 bits per heavy atom. The third-order valence-corrected chi connectivity index (χ3v) is 3.07. The third kappa shape index (κ3) is 2.36. The Bertz CT molecular complexity index is 552. The van der Waals surface area contributed by atoms with Crippen LogP contribution >= 0.6 is 0 Å². The minimum absolute atomic E-state index is 0.144. The second-order valence-electron chi connectivity index (χ2n) is 5.14. The van der Waals surface area contributed by atoms with Crippen molar-refractivity contribution < 1.29 is 4.79 Å². The van der Waals surface area contributed by atoms with E-state index >= 15 is 0 Å². The average Bonchev–Trinajstić information content (AvgIpc) is 2.26. The number of fused-ring (bicyclic) bond motifs is 1. The van der Waals surface area contributed by atoms with Crippen LogP contribution in [-0.4, -0.2) is 10.8 Å². The Morgan fingerprint density at radius 2 is 2.00 bits per heavy atom. The normalized spacial score (nSPS) is 11.7. The maximum absolute atomic E-state index is 11.4. The molecule has 1 heterocycles. The number of carbonyl (C=O) groups excluding carboxylic acids is 1. The van der Waals surface area contributed by atoms with Gasteiger partial charge in [-0.05, 0) is 30.0 Å². The summed E-state index contributed by atoms with van der Waals surface area (Å²) in [5, 5.41) is 1.14. The summed E-state index contributed by atoms with van der Waals surface area (Å²) in [4.78, 5) is 15.7. The first-order valence-electron chi connectivity index (χ1n) is 5.84. The third-order valence-electron chi connectivity index (χ3n) is 3.07. The molecule has 0 aliphatic rings. The summed E-state index contributed by atoms with van der Waals surface area (Å²) in [5.41, 5.74) is 2.04. The van der Waals surface area contributed by atoms with Crippen LogP contribution < -0.4 is 0 Å². The fraction of sp³-hybridized carbons (Fsp3) is 0.333.